The zero-order chi connectivity index (χ0) is 14.3. The number of carbonyl (C=O) groups is 1. The van der Waals surface area contributed by atoms with Crippen molar-refractivity contribution in [1.29, 1.82) is 0 Å². The van der Waals surface area contributed by atoms with Gasteiger partial charge < -0.3 is 14.8 Å². The van der Waals surface area contributed by atoms with E-state index in [2.05, 4.69) is 38.9 Å². The minimum absolute atomic E-state index is 0.114. The predicted octanol–water partition coefficient (Wildman–Crippen LogP) is 2.63. The maximum atomic E-state index is 12.6. The van der Waals surface area contributed by atoms with E-state index >= 15 is 0 Å². The number of aromatic nitrogens is 1. The number of aromatic amines is 1. The van der Waals surface area contributed by atoms with E-state index in [9.17, 15) is 4.79 Å². The van der Waals surface area contributed by atoms with Gasteiger partial charge in [0.1, 0.15) is 5.69 Å². The minimum Gasteiger partial charge on any atom is -0.350 e. The van der Waals surface area contributed by atoms with Gasteiger partial charge in [-0.25, -0.2) is 0 Å². The number of H-pyrrole nitrogens is 1. The average molecular weight is 336 g/mol. The van der Waals surface area contributed by atoms with E-state index < -0.39 is 0 Å². The van der Waals surface area contributed by atoms with Gasteiger partial charge in [-0.3, -0.25) is 4.79 Å². The second-order valence-electron chi connectivity index (χ2n) is 5.41. The molecule has 2 aromatic rings. The Kier molecular flexibility index (Phi) is 3.56. The zero-order valence-electron chi connectivity index (χ0n) is 11.7. The number of nitrogens with one attached hydrogen (secondary N) is 1. The summed E-state index contributed by atoms with van der Waals surface area (Å²) in [6, 6.07) is 6.05. The molecule has 1 aliphatic rings. The van der Waals surface area contributed by atoms with E-state index in [4.69, 9.17) is 0 Å². The third-order valence-corrected chi connectivity index (χ3v) is 4.52. The van der Waals surface area contributed by atoms with Gasteiger partial charge in [-0.1, -0.05) is 15.9 Å². The molecule has 0 unspecified atom stereocenters. The van der Waals surface area contributed by atoms with Gasteiger partial charge in [0.15, 0.2) is 0 Å². The van der Waals surface area contributed by atoms with Gasteiger partial charge in [0.25, 0.3) is 5.91 Å². The Morgan fingerprint density at radius 2 is 1.95 bits per heavy atom. The van der Waals surface area contributed by atoms with Gasteiger partial charge in [-0.2, -0.15) is 0 Å². The first kappa shape index (κ1) is 13.6. The maximum Gasteiger partial charge on any atom is 0.270 e. The van der Waals surface area contributed by atoms with E-state index in [1.54, 1.807) is 0 Å². The Bertz CT molecular complexity index is 656. The molecule has 3 rings (SSSR count). The fourth-order valence-electron chi connectivity index (χ4n) is 2.68. The van der Waals surface area contributed by atoms with Crippen molar-refractivity contribution < 1.29 is 4.79 Å². The normalized spacial score (nSPS) is 16.9. The van der Waals surface area contributed by atoms with Gasteiger partial charge in [0, 0.05) is 41.6 Å². The summed E-state index contributed by atoms with van der Waals surface area (Å²) in [7, 11) is 2.09. The fourth-order valence-corrected chi connectivity index (χ4v) is 3.04. The second-order valence-corrected chi connectivity index (χ2v) is 6.33. The molecule has 1 N–H and O–H groups in total. The van der Waals surface area contributed by atoms with E-state index in [1.165, 1.54) is 0 Å². The standard InChI is InChI=1S/C15H18BrN3O/c1-10-12-9-11(16)3-4-13(12)17-14(10)15(20)19-7-5-18(2)6-8-19/h3-4,9,17H,5-8H2,1-2H3. The van der Waals surface area contributed by atoms with E-state index in [1.807, 2.05) is 24.0 Å². The summed E-state index contributed by atoms with van der Waals surface area (Å²) in [6.07, 6.45) is 0. The molecule has 0 radical (unpaired) electrons. The molecule has 1 aromatic carbocycles. The highest BCUT2D eigenvalue weighted by atomic mass is 79.9. The molecule has 0 saturated carbocycles. The van der Waals surface area contributed by atoms with Crippen LogP contribution >= 0.6 is 15.9 Å². The Hall–Kier alpha value is -1.33. The molecule has 2 heterocycles. The molecule has 0 atom stereocenters. The monoisotopic (exact) mass is 335 g/mol. The van der Waals surface area contributed by atoms with Crippen LogP contribution in [0, 0.1) is 6.92 Å². The van der Waals surface area contributed by atoms with Crippen LogP contribution in [0.15, 0.2) is 22.7 Å². The maximum absolute atomic E-state index is 12.6. The lowest BCUT2D eigenvalue weighted by Gasteiger charge is -2.32. The number of hydrogen-bond donors (Lipinski definition) is 1. The SMILES string of the molecule is Cc1c(C(=O)N2CCN(C)CC2)[nH]c2ccc(Br)cc12. The predicted molar refractivity (Wildman–Crippen MR) is 84.1 cm³/mol. The number of likely N-dealkylation sites (N-methyl/N-ethyl adjacent to an activating group) is 1. The van der Waals surface area contributed by atoms with Crippen molar-refractivity contribution in [2.75, 3.05) is 33.2 Å². The quantitative estimate of drug-likeness (QED) is 0.870. The molecule has 0 bridgehead atoms. The largest absolute Gasteiger partial charge is 0.350 e. The van der Waals surface area contributed by atoms with Gasteiger partial charge in [0.05, 0.1) is 0 Å². The lowest BCUT2D eigenvalue weighted by atomic mass is 10.1. The molecular formula is C15H18BrN3O. The molecule has 1 fully saturated rings. The zero-order valence-corrected chi connectivity index (χ0v) is 13.3. The van der Waals surface area contributed by atoms with Gasteiger partial charge in [-0.15, -0.1) is 0 Å². The van der Waals surface area contributed by atoms with Crippen LogP contribution in [-0.2, 0) is 0 Å². The molecule has 0 spiro atoms. The molecule has 4 nitrogen and oxygen atoms in total. The third-order valence-electron chi connectivity index (χ3n) is 4.02. The van der Waals surface area contributed by atoms with Crippen LogP contribution in [0.1, 0.15) is 16.1 Å². The van der Waals surface area contributed by atoms with Crippen molar-refractivity contribution in [3.05, 3.63) is 33.9 Å². The van der Waals surface area contributed by atoms with Gasteiger partial charge in [-0.05, 0) is 37.7 Å². The highest BCUT2D eigenvalue weighted by Crippen LogP contribution is 2.26. The summed E-state index contributed by atoms with van der Waals surface area (Å²) in [5, 5.41) is 1.11. The van der Waals surface area contributed by atoms with Crippen molar-refractivity contribution in [2.24, 2.45) is 0 Å². The molecule has 20 heavy (non-hydrogen) atoms. The van der Waals surface area contributed by atoms with Crippen LogP contribution in [0.2, 0.25) is 0 Å². The number of halogens is 1. The summed E-state index contributed by atoms with van der Waals surface area (Å²) < 4.78 is 1.03. The number of piperazine rings is 1. The Balaban J connectivity index is 1.93. The molecule has 5 heteroatoms. The van der Waals surface area contributed by atoms with Crippen LogP contribution in [0.25, 0.3) is 10.9 Å². The highest BCUT2D eigenvalue weighted by Gasteiger charge is 2.23. The number of hydrogen-bond acceptors (Lipinski definition) is 2. The van der Waals surface area contributed by atoms with Gasteiger partial charge >= 0.3 is 0 Å². The van der Waals surface area contributed by atoms with Crippen molar-refractivity contribution in [1.82, 2.24) is 14.8 Å². The van der Waals surface area contributed by atoms with E-state index in [0.717, 1.165) is 52.8 Å². The number of aryl methyl sites for hydroxylation is 1. The first-order valence-electron chi connectivity index (χ1n) is 6.82. The molecule has 1 saturated heterocycles. The number of fused-ring (bicyclic) bond motifs is 1. The number of nitrogens with zero attached hydrogens (tertiary/aromatic N) is 2. The molecule has 1 aromatic heterocycles. The summed E-state index contributed by atoms with van der Waals surface area (Å²) in [4.78, 5) is 20.1. The summed E-state index contributed by atoms with van der Waals surface area (Å²) in [6.45, 7) is 5.49. The topological polar surface area (TPSA) is 39.3 Å². The first-order valence-corrected chi connectivity index (χ1v) is 7.61. The Morgan fingerprint density at radius 3 is 2.65 bits per heavy atom. The number of carbonyl (C=O) groups excluding carboxylic acids is 1. The number of benzene rings is 1. The summed E-state index contributed by atoms with van der Waals surface area (Å²) >= 11 is 3.48. The van der Waals surface area contributed by atoms with Crippen LogP contribution in [0.4, 0.5) is 0 Å². The number of amides is 1. The fraction of sp³-hybridized carbons (Fsp3) is 0.400. The van der Waals surface area contributed by atoms with E-state index in [0.29, 0.717) is 0 Å². The Labute approximate surface area is 126 Å². The summed E-state index contributed by atoms with van der Waals surface area (Å²) in [5.74, 6) is 0.114. The highest BCUT2D eigenvalue weighted by molar-refractivity contribution is 9.10. The first-order chi connectivity index (χ1) is 9.56. The summed E-state index contributed by atoms with van der Waals surface area (Å²) in [5.41, 5.74) is 2.77. The van der Waals surface area contributed by atoms with Crippen LogP contribution in [-0.4, -0.2) is 53.9 Å². The molecule has 1 amide bonds. The molecule has 0 aliphatic carbocycles. The van der Waals surface area contributed by atoms with Crippen LogP contribution in [0.3, 0.4) is 0 Å². The lowest BCUT2D eigenvalue weighted by molar-refractivity contribution is 0.0658. The van der Waals surface area contributed by atoms with Crippen molar-refractivity contribution in [2.45, 2.75) is 6.92 Å². The molecular weight excluding hydrogens is 318 g/mol. The number of rotatable bonds is 1. The van der Waals surface area contributed by atoms with Crippen molar-refractivity contribution >= 4 is 32.7 Å². The second kappa shape index (κ2) is 5.22. The molecule has 106 valence electrons. The van der Waals surface area contributed by atoms with Gasteiger partial charge in [0.2, 0.25) is 0 Å². The third kappa shape index (κ3) is 2.36. The lowest BCUT2D eigenvalue weighted by Crippen LogP contribution is -2.47. The Morgan fingerprint density at radius 1 is 1.25 bits per heavy atom. The van der Waals surface area contributed by atoms with Crippen molar-refractivity contribution in [3.63, 3.8) is 0 Å². The van der Waals surface area contributed by atoms with E-state index in [-0.39, 0.29) is 5.91 Å². The van der Waals surface area contributed by atoms with Crippen LogP contribution < -0.4 is 0 Å². The minimum atomic E-state index is 0.114. The molecule has 1 aliphatic heterocycles. The average Bonchev–Trinajstić information content (AvgIpc) is 2.76. The van der Waals surface area contributed by atoms with Crippen LogP contribution in [0.5, 0.6) is 0 Å². The smallest absolute Gasteiger partial charge is 0.270 e. The van der Waals surface area contributed by atoms with Crippen molar-refractivity contribution in [3.8, 4) is 0 Å².